The summed E-state index contributed by atoms with van der Waals surface area (Å²) >= 11 is 0. The van der Waals surface area contributed by atoms with Gasteiger partial charge >= 0.3 is 0 Å². The zero-order valence-electron chi connectivity index (χ0n) is 17.0. The normalized spacial score (nSPS) is 22.6. The average Bonchev–Trinajstić information content (AvgIpc) is 2.97. The highest BCUT2D eigenvalue weighted by atomic mass is 32.2. The van der Waals surface area contributed by atoms with Gasteiger partial charge in [0.05, 0.1) is 12.0 Å². The van der Waals surface area contributed by atoms with Crippen LogP contribution in [0.1, 0.15) is 37.3 Å². The number of para-hydroxylation sites is 1. The molecule has 2 heterocycles. The molecule has 1 unspecified atom stereocenters. The van der Waals surface area contributed by atoms with E-state index in [4.69, 9.17) is 9.47 Å². The highest BCUT2D eigenvalue weighted by Gasteiger charge is 2.34. The molecule has 0 saturated carbocycles. The van der Waals surface area contributed by atoms with Crippen molar-refractivity contribution in [1.82, 2.24) is 9.62 Å². The second-order valence-electron chi connectivity index (χ2n) is 7.86. The fourth-order valence-corrected chi connectivity index (χ4v) is 5.75. The summed E-state index contributed by atoms with van der Waals surface area (Å²) in [7, 11) is -1.68. The minimum absolute atomic E-state index is 0.447. The van der Waals surface area contributed by atoms with Gasteiger partial charge in [-0.2, -0.15) is 4.31 Å². The first-order chi connectivity index (χ1) is 13.9. The van der Waals surface area contributed by atoms with Crippen molar-refractivity contribution < 1.29 is 17.9 Å². The molecule has 2 aliphatic rings. The van der Waals surface area contributed by atoms with E-state index < -0.39 is 15.7 Å². The first kappa shape index (κ1) is 20.2. The zero-order valence-corrected chi connectivity index (χ0v) is 17.8. The van der Waals surface area contributed by atoms with Gasteiger partial charge in [-0.05, 0) is 56.0 Å². The topological polar surface area (TPSA) is 67.9 Å². The molecule has 2 aliphatic heterocycles. The van der Waals surface area contributed by atoms with E-state index in [1.807, 2.05) is 24.3 Å². The van der Waals surface area contributed by atoms with Gasteiger partial charge in [0.25, 0.3) is 0 Å². The van der Waals surface area contributed by atoms with Crippen LogP contribution >= 0.6 is 0 Å². The van der Waals surface area contributed by atoms with Crippen molar-refractivity contribution in [2.24, 2.45) is 0 Å². The predicted molar refractivity (Wildman–Crippen MR) is 112 cm³/mol. The highest BCUT2D eigenvalue weighted by molar-refractivity contribution is 7.89. The molecule has 0 saturated heterocycles. The summed E-state index contributed by atoms with van der Waals surface area (Å²) in [4.78, 5) is 0.453. The number of hydrogen-bond acceptors (Lipinski definition) is 5. The number of methoxy groups -OCH3 is 1. The summed E-state index contributed by atoms with van der Waals surface area (Å²) in [6.45, 7) is 3.84. The van der Waals surface area contributed by atoms with Crippen LogP contribution in [0.2, 0.25) is 0 Å². The predicted octanol–water partition coefficient (Wildman–Crippen LogP) is 3.31. The molecule has 0 bridgehead atoms. The summed E-state index contributed by atoms with van der Waals surface area (Å²) in [5, 5.41) is 3.51. The van der Waals surface area contributed by atoms with Gasteiger partial charge in [0.2, 0.25) is 10.0 Å². The molecular formula is C22H28N2O4S. The molecule has 0 aromatic heterocycles. The van der Waals surface area contributed by atoms with Crippen molar-refractivity contribution in [2.75, 3.05) is 20.2 Å². The third-order valence-electron chi connectivity index (χ3n) is 5.75. The van der Waals surface area contributed by atoms with Crippen molar-refractivity contribution in [3.8, 4) is 11.5 Å². The number of hydrogen-bond donors (Lipinski definition) is 1. The lowest BCUT2D eigenvalue weighted by molar-refractivity contribution is 0.0274. The van der Waals surface area contributed by atoms with Crippen molar-refractivity contribution in [1.29, 1.82) is 0 Å². The van der Waals surface area contributed by atoms with E-state index in [2.05, 4.69) is 18.3 Å². The summed E-state index contributed by atoms with van der Waals surface area (Å²) in [6.07, 6.45) is 3.49. The molecule has 0 radical (unpaired) electrons. The van der Waals surface area contributed by atoms with Gasteiger partial charge in [0, 0.05) is 19.5 Å². The summed E-state index contributed by atoms with van der Waals surface area (Å²) in [5.74, 6) is 1.58. The van der Waals surface area contributed by atoms with Crippen molar-refractivity contribution in [3.05, 3.63) is 53.6 Å². The second-order valence-corrected chi connectivity index (χ2v) is 9.77. The Kier molecular flexibility index (Phi) is 5.55. The van der Waals surface area contributed by atoms with E-state index in [1.165, 1.54) is 5.56 Å². The van der Waals surface area contributed by atoms with Crippen LogP contribution in [-0.4, -0.2) is 38.6 Å². The number of benzene rings is 2. The quantitative estimate of drug-likeness (QED) is 0.702. The molecule has 1 atom stereocenters. The first-order valence-corrected chi connectivity index (χ1v) is 11.5. The fourth-order valence-electron chi connectivity index (χ4n) is 4.07. The number of unbranched alkanes of at least 4 members (excludes halogenated alkanes) is 1. The number of nitrogens with zero attached hydrogens (tertiary/aromatic N) is 1. The van der Waals surface area contributed by atoms with E-state index in [0.717, 1.165) is 49.3 Å². The van der Waals surface area contributed by atoms with E-state index in [0.29, 0.717) is 18.0 Å². The summed E-state index contributed by atoms with van der Waals surface area (Å²) < 4.78 is 38.5. The second kappa shape index (κ2) is 7.97. The Labute approximate surface area is 172 Å². The monoisotopic (exact) mass is 416 g/mol. The molecule has 0 aliphatic carbocycles. The minimum atomic E-state index is -3.33. The van der Waals surface area contributed by atoms with E-state index in [9.17, 15) is 8.42 Å². The molecule has 0 spiro atoms. The molecule has 6 nitrogen and oxygen atoms in total. The van der Waals surface area contributed by atoms with Gasteiger partial charge in [-0.15, -0.1) is 0 Å². The lowest BCUT2D eigenvalue weighted by atomic mass is 9.98. The van der Waals surface area contributed by atoms with Gasteiger partial charge < -0.3 is 9.47 Å². The standard InChI is InChI=1S/C22H28N2O4S/c1-22(13-12-17-9-7-10-19(27-2)21(17)28-22)23-14-5-6-15-24-16-18-8-3-4-11-20(18)29(24,25)26/h3-4,7-11,23H,5-6,12-16H2,1-2H3. The van der Waals surface area contributed by atoms with Crippen LogP contribution in [0, 0.1) is 0 Å². The number of sulfonamides is 1. The number of nitrogens with one attached hydrogen (secondary N) is 1. The molecule has 2 aromatic carbocycles. The lowest BCUT2D eigenvalue weighted by Gasteiger charge is -2.37. The van der Waals surface area contributed by atoms with Gasteiger partial charge in [-0.1, -0.05) is 30.3 Å². The van der Waals surface area contributed by atoms with Crippen LogP contribution in [-0.2, 0) is 23.0 Å². The van der Waals surface area contributed by atoms with E-state index in [1.54, 1.807) is 23.5 Å². The Morgan fingerprint density at radius 3 is 2.72 bits per heavy atom. The van der Waals surface area contributed by atoms with Gasteiger partial charge in [0.15, 0.2) is 17.2 Å². The van der Waals surface area contributed by atoms with Crippen molar-refractivity contribution >= 4 is 10.0 Å². The molecular weight excluding hydrogens is 388 g/mol. The largest absolute Gasteiger partial charge is 0.493 e. The van der Waals surface area contributed by atoms with Gasteiger partial charge in [-0.25, -0.2) is 8.42 Å². The van der Waals surface area contributed by atoms with Crippen LogP contribution < -0.4 is 14.8 Å². The Balaban J connectivity index is 1.27. The van der Waals surface area contributed by atoms with Gasteiger partial charge in [0.1, 0.15) is 0 Å². The smallest absolute Gasteiger partial charge is 0.243 e. The van der Waals surface area contributed by atoms with Crippen LogP contribution in [0.25, 0.3) is 0 Å². The molecule has 29 heavy (non-hydrogen) atoms. The third-order valence-corrected chi connectivity index (χ3v) is 7.70. The number of rotatable bonds is 7. The fraction of sp³-hybridized carbons (Fsp3) is 0.455. The maximum atomic E-state index is 12.6. The van der Waals surface area contributed by atoms with E-state index in [-0.39, 0.29) is 0 Å². The molecule has 4 rings (SSSR count). The van der Waals surface area contributed by atoms with Crippen molar-refractivity contribution in [2.45, 2.75) is 49.8 Å². The Morgan fingerprint density at radius 1 is 1.14 bits per heavy atom. The summed E-state index contributed by atoms with van der Waals surface area (Å²) in [5.41, 5.74) is 1.61. The maximum Gasteiger partial charge on any atom is 0.243 e. The Hall–Kier alpha value is -2.09. The minimum Gasteiger partial charge on any atom is -0.493 e. The van der Waals surface area contributed by atoms with Gasteiger partial charge in [-0.3, -0.25) is 5.32 Å². The average molecular weight is 417 g/mol. The lowest BCUT2D eigenvalue weighted by Crippen LogP contribution is -2.50. The molecule has 156 valence electrons. The molecule has 1 N–H and O–H groups in total. The van der Waals surface area contributed by atoms with E-state index >= 15 is 0 Å². The number of aryl methyl sites for hydroxylation is 1. The third kappa shape index (κ3) is 3.99. The molecule has 7 heteroatoms. The summed E-state index contributed by atoms with van der Waals surface area (Å²) in [6, 6.07) is 13.2. The SMILES string of the molecule is COc1cccc2c1OC(C)(NCCCCN1Cc3ccccc3S1(=O)=O)CC2. The zero-order chi connectivity index (χ0) is 20.5. The Bertz CT molecular complexity index is 978. The number of fused-ring (bicyclic) bond motifs is 2. The molecule has 2 aromatic rings. The van der Waals surface area contributed by atoms with Crippen LogP contribution in [0.4, 0.5) is 0 Å². The number of ether oxygens (including phenoxy) is 2. The highest BCUT2D eigenvalue weighted by Crippen LogP contribution is 2.39. The Morgan fingerprint density at radius 2 is 1.93 bits per heavy atom. The molecule has 0 amide bonds. The van der Waals surface area contributed by atoms with Crippen LogP contribution in [0.3, 0.4) is 0 Å². The van der Waals surface area contributed by atoms with Crippen molar-refractivity contribution in [3.63, 3.8) is 0 Å². The van der Waals surface area contributed by atoms with Crippen LogP contribution in [0.15, 0.2) is 47.4 Å². The molecule has 0 fully saturated rings. The first-order valence-electron chi connectivity index (χ1n) is 10.1. The van der Waals surface area contributed by atoms with Crippen LogP contribution in [0.5, 0.6) is 11.5 Å². The maximum absolute atomic E-state index is 12.6.